The quantitative estimate of drug-likeness (QED) is 0.269. The van der Waals surface area contributed by atoms with Crippen molar-refractivity contribution in [1.29, 1.82) is 0 Å². The molecule has 2 aromatic carbocycles. The number of amides is 1. The highest BCUT2D eigenvalue weighted by Crippen LogP contribution is 2.30. The minimum atomic E-state index is -0.589. The van der Waals surface area contributed by atoms with Crippen molar-refractivity contribution in [2.75, 3.05) is 11.1 Å². The number of nitro groups is 1. The first-order chi connectivity index (χ1) is 15.3. The minimum absolute atomic E-state index is 0.0241. The fourth-order valence-electron chi connectivity index (χ4n) is 3.38. The summed E-state index contributed by atoms with van der Waals surface area (Å²) in [6, 6.07) is 12.3. The van der Waals surface area contributed by atoms with Gasteiger partial charge in [-0.15, -0.1) is 10.2 Å². The van der Waals surface area contributed by atoms with E-state index in [0.29, 0.717) is 22.0 Å². The number of nitrogens with zero attached hydrogens (tertiary/aromatic N) is 6. The number of carbonyl (C=O) groups excluding carboxylic acids is 1. The standard InChI is InChI=1S/C20H19N7O4S/c1-24-15-9-13(14(27(30)31)10-16(15)25(2)20(24)29)21-17(28)11-32-19-23-22-18(26(19)3)12-7-5-4-6-8-12/h4-10H,11H2,1-3H3,(H,21,28). The van der Waals surface area contributed by atoms with Crippen LogP contribution < -0.4 is 11.0 Å². The first-order valence-electron chi connectivity index (χ1n) is 9.49. The maximum Gasteiger partial charge on any atom is 0.328 e. The molecule has 0 aliphatic carbocycles. The first kappa shape index (κ1) is 21.3. The van der Waals surface area contributed by atoms with E-state index in [1.807, 2.05) is 30.3 Å². The molecule has 0 atom stereocenters. The number of nitrogens with one attached hydrogen (secondary N) is 1. The fourth-order valence-corrected chi connectivity index (χ4v) is 4.09. The molecule has 164 valence electrons. The van der Waals surface area contributed by atoms with Crippen molar-refractivity contribution >= 4 is 40.1 Å². The molecule has 0 saturated heterocycles. The molecule has 4 rings (SSSR count). The number of aryl methyl sites for hydroxylation is 2. The summed E-state index contributed by atoms with van der Waals surface area (Å²) in [6.07, 6.45) is 0. The molecule has 0 aliphatic rings. The summed E-state index contributed by atoms with van der Waals surface area (Å²) in [6.45, 7) is 0. The summed E-state index contributed by atoms with van der Waals surface area (Å²) in [4.78, 5) is 35.7. The van der Waals surface area contributed by atoms with Gasteiger partial charge in [0.15, 0.2) is 11.0 Å². The van der Waals surface area contributed by atoms with Crippen LogP contribution in [-0.2, 0) is 25.9 Å². The Morgan fingerprint density at radius 3 is 2.38 bits per heavy atom. The SMILES string of the molecule is Cn1c(SCC(=O)Nc2cc3c(cc2[N+](=O)[O-])n(C)c(=O)n3C)nnc1-c1ccccc1. The summed E-state index contributed by atoms with van der Waals surface area (Å²) in [7, 11) is 4.90. The predicted molar refractivity (Wildman–Crippen MR) is 121 cm³/mol. The van der Waals surface area contributed by atoms with Gasteiger partial charge in [0.05, 0.1) is 21.7 Å². The van der Waals surface area contributed by atoms with Gasteiger partial charge >= 0.3 is 5.69 Å². The molecular weight excluding hydrogens is 434 g/mol. The van der Waals surface area contributed by atoms with E-state index in [-0.39, 0.29) is 22.8 Å². The maximum atomic E-state index is 12.6. The average Bonchev–Trinajstić information content (AvgIpc) is 3.25. The normalized spacial score (nSPS) is 11.1. The van der Waals surface area contributed by atoms with Gasteiger partial charge < -0.3 is 9.88 Å². The van der Waals surface area contributed by atoms with Crippen LogP contribution in [0.5, 0.6) is 0 Å². The van der Waals surface area contributed by atoms with Crippen molar-refractivity contribution in [3.63, 3.8) is 0 Å². The van der Waals surface area contributed by atoms with Crippen molar-refractivity contribution in [3.8, 4) is 11.4 Å². The lowest BCUT2D eigenvalue weighted by Gasteiger charge is -2.07. The third kappa shape index (κ3) is 3.75. The number of benzene rings is 2. The van der Waals surface area contributed by atoms with Crippen LogP contribution in [0.3, 0.4) is 0 Å². The monoisotopic (exact) mass is 453 g/mol. The largest absolute Gasteiger partial charge is 0.328 e. The summed E-state index contributed by atoms with van der Waals surface area (Å²) in [5.41, 5.74) is 1.20. The van der Waals surface area contributed by atoms with Gasteiger partial charge in [-0.1, -0.05) is 42.1 Å². The van der Waals surface area contributed by atoms with E-state index in [1.54, 1.807) is 18.7 Å². The molecule has 0 spiro atoms. The molecule has 0 unspecified atom stereocenters. The Balaban J connectivity index is 1.54. The van der Waals surface area contributed by atoms with E-state index in [0.717, 1.165) is 5.56 Å². The van der Waals surface area contributed by atoms with Crippen LogP contribution in [-0.4, -0.2) is 40.5 Å². The highest BCUT2D eigenvalue weighted by molar-refractivity contribution is 7.99. The van der Waals surface area contributed by atoms with Crippen molar-refractivity contribution in [2.24, 2.45) is 21.1 Å². The van der Waals surface area contributed by atoms with E-state index in [1.165, 1.54) is 40.1 Å². The second-order valence-corrected chi connectivity index (χ2v) is 8.03. The lowest BCUT2D eigenvalue weighted by atomic mass is 10.2. The summed E-state index contributed by atoms with van der Waals surface area (Å²) < 4.78 is 4.47. The van der Waals surface area contributed by atoms with E-state index >= 15 is 0 Å². The number of fused-ring (bicyclic) bond motifs is 1. The van der Waals surface area contributed by atoms with Crippen molar-refractivity contribution in [1.82, 2.24) is 23.9 Å². The lowest BCUT2D eigenvalue weighted by Crippen LogP contribution is -2.19. The Morgan fingerprint density at radius 2 is 1.72 bits per heavy atom. The molecule has 4 aromatic rings. The Morgan fingerprint density at radius 1 is 1.06 bits per heavy atom. The molecule has 0 bridgehead atoms. The number of nitro benzene ring substituents is 1. The molecule has 1 N–H and O–H groups in total. The predicted octanol–water partition coefficient (Wildman–Crippen LogP) is 2.31. The number of carbonyl (C=O) groups is 1. The topological polar surface area (TPSA) is 130 Å². The highest BCUT2D eigenvalue weighted by atomic mass is 32.2. The maximum absolute atomic E-state index is 12.6. The van der Waals surface area contributed by atoms with E-state index < -0.39 is 10.8 Å². The molecular formula is C20H19N7O4S. The Labute approximate surface area is 185 Å². The summed E-state index contributed by atoms with van der Waals surface area (Å²) >= 11 is 1.17. The van der Waals surface area contributed by atoms with E-state index in [9.17, 15) is 19.7 Å². The zero-order valence-electron chi connectivity index (χ0n) is 17.5. The zero-order valence-corrected chi connectivity index (χ0v) is 18.3. The van der Waals surface area contributed by atoms with Gasteiger partial charge in [-0.25, -0.2) is 4.79 Å². The smallest absolute Gasteiger partial charge is 0.320 e. The van der Waals surface area contributed by atoms with Crippen LogP contribution in [0.1, 0.15) is 0 Å². The van der Waals surface area contributed by atoms with Crippen molar-refractivity contribution < 1.29 is 9.72 Å². The van der Waals surface area contributed by atoms with Gasteiger partial charge in [0.25, 0.3) is 5.69 Å². The van der Waals surface area contributed by atoms with Crippen LogP contribution in [0.4, 0.5) is 11.4 Å². The molecule has 2 aromatic heterocycles. The van der Waals surface area contributed by atoms with Crippen LogP contribution in [0, 0.1) is 10.1 Å². The minimum Gasteiger partial charge on any atom is -0.320 e. The average molecular weight is 453 g/mol. The summed E-state index contributed by atoms with van der Waals surface area (Å²) in [5.74, 6) is 0.200. The third-order valence-electron chi connectivity index (χ3n) is 5.06. The van der Waals surface area contributed by atoms with Gasteiger partial charge in [-0.2, -0.15) is 0 Å². The molecule has 0 saturated carbocycles. The number of rotatable bonds is 6. The van der Waals surface area contributed by atoms with Gasteiger partial charge in [0.1, 0.15) is 5.69 Å². The lowest BCUT2D eigenvalue weighted by molar-refractivity contribution is -0.383. The summed E-state index contributed by atoms with van der Waals surface area (Å²) in [5, 5.41) is 23.0. The van der Waals surface area contributed by atoms with Gasteiger partial charge in [-0.05, 0) is 6.07 Å². The first-order valence-corrected chi connectivity index (χ1v) is 10.5. The molecule has 0 aliphatic heterocycles. The number of anilines is 1. The van der Waals surface area contributed by atoms with Crippen LogP contribution >= 0.6 is 11.8 Å². The van der Waals surface area contributed by atoms with E-state index in [2.05, 4.69) is 15.5 Å². The van der Waals surface area contributed by atoms with Gasteiger partial charge in [0.2, 0.25) is 5.91 Å². The molecule has 12 heteroatoms. The molecule has 0 fully saturated rings. The van der Waals surface area contributed by atoms with E-state index in [4.69, 9.17) is 0 Å². The second kappa shape index (κ2) is 8.30. The molecule has 11 nitrogen and oxygen atoms in total. The zero-order chi connectivity index (χ0) is 23.0. The number of hydrogen-bond donors (Lipinski definition) is 1. The third-order valence-corrected chi connectivity index (χ3v) is 6.08. The van der Waals surface area contributed by atoms with Crippen LogP contribution in [0.25, 0.3) is 22.4 Å². The number of hydrogen-bond acceptors (Lipinski definition) is 7. The highest BCUT2D eigenvalue weighted by Gasteiger charge is 2.21. The Hall–Kier alpha value is -3.93. The number of imidazole rings is 1. The van der Waals surface area contributed by atoms with Gasteiger partial charge in [-0.3, -0.25) is 24.0 Å². The van der Waals surface area contributed by atoms with Gasteiger partial charge in [0, 0.05) is 32.8 Å². The molecule has 0 radical (unpaired) electrons. The molecule has 2 heterocycles. The van der Waals surface area contributed by atoms with Crippen molar-refractivity contribution in [2.45, 2.75) is 5.16 Å². The number of thioether (sulfide) groups is 1. The number of aromatic nitrogens is 5. The van der Waals surface area contributed by atoms with Crippen LogP contribution in [0.2, 0.25) is 0 Å². The Kier molecular flexibility index (Phi) is 5.53. The van der Waals surface area contributed by atoms with Crippen molar-refractivity contribution in [3.05, 3.63) is 63.1 Å². The molecule has 1 amide bonds. The van der Waals surface area contributed by atoms with Crippen LogP contribution in [0.15, 0.2) is 52.4 Å². The fraction of sp³-hybridized carbons (Fsp3) is 0.200. The molecule has 32 heavy (non-hydrogen) atoms. The Bertz CT molecular complexity index is 1410. The second-order valence-electron chi connectivity index (χ2n) is 7.08.